The maximum absolute atomic E-state index is 12.0. The van der Waals surface area contributed by atoms with Crippen LogP contribution in [0.2, 0.25) is 0 Å². The molecule has 2 rings (SSSR count). The van der Waals surface area contributed by atoms with Crippen LogP contribution in [0.5, 0.6) is 5.75 Å². The number of methoxy groups -OCH3 is 1. The lowest BCUT2D eigenvalue weighted by atomic mass is 9.86. The van der Waals surface area contributed by atoms with Gasteiger partial charge in [0.05, 0.1) is 7.11 Å². The van der Waals surface area contributed by atoms with Gasteiger partial charge in [0, 0.05) is 17.8 Å². The Balaban J connectivity index is 1.91. The molecule has 1 saturated carbocycles. The van der Waals surface area contributed by atoms with Gasteiger partial charge in [0.2, 0.25) is 0 Å². The molecule has 0 heterocycles. The van der Waals surface area contributed by atoms with E-state index >= 15 is 0 Å². The number of nitrogens with one attached hydrogen (secondary N) is 2. The molecule has 0 radical (unpaired) electrons. The normalized spacial score (nSPS) is 21.4. The molecule has 0 saturated heterocycles. The second-order valence-electron chi connectivity index (χ2n) is 5.53. The average molecular weight is 290 g/mol. The number of benzene rings is 1. The van der Waals surface area contributed by atoms with E-state index in [-0.39, 0.29) is 6.04 Å². The zero-order chi connectivity index (χ0) is 15.2. The third kappa shape index (κ3) is 4.21. The summed E-state index contributed by atoms with van der Waals surface area (Å²) in [4.78, 5) is 23.9. The van der Waals surface area contributed by atoms with Crippen LogP contribution >= 0.6 is 0 Å². The van der Waals surface area contributed by atoms with Crippen LogP contribution < -0.4 is 15.4 Å². The van der Waals surface area contributed by atoms with Crippen molar-refractivity contribution in [3.05, 3.63) is 24.3 Å². The fraction of sp³-hybridized carbons (Fsp3) is 0.500. The minimum atomic E-state index is -0.638. The first-order chi connectivity index (χ1) is 10.1. The van der Waals surface area contributed by atoms with Gasteiger partial charge < -0.3 is 15.4 Å². The smallest absolute Gasteiger partial charge is 0.313 e. The first kappa shape index (κ1) is 15.4. The second-order valence-corrected chi connectivity index (χ2v) is 5.53. The van der Waals surface area contributed by atoms with E-state index in [2.05, 4.69) is 17.6 Å². The molecule has 0 unspecified atom stereocenters. The summed E-state index contributed by atoms with van der Waals surface area (Å²) in [5.74, 6) is -0.154. The van der Waals surface area contributed by atoms with Crippen LogP contribution in [0.3, 0.4) is 0 Å². The van der Waals surface area contributed by atoms with Gasteiger partial charge in [-0.25, -0.2) is 0 Å². The van der Waals surface area contributed by atoms with Gasteiger partial charge >= 0.3 is 11.8 Å². The quantitative estimate of drug-likeness (QED) is 0.840. The number of carbonyl (C=O) groups excluding carboxylic acids is 2. The van der Waals surface area contributed by atoms with Crippen molar-refractivity contribution in [2.24, 2.45) is 5.92 Å². The minimum Gasteiger partial charge on any atom is -0.497 e. The molecule has 1 aliphatic carbocycles. The van der Waals surface area contributed by atoms with Crippen molar-refractivity contribution in [1.82, 2.24) is 5.32 Å². The highest BCUT2D eigenvalue weighted by Crippen LogP contribution is 2.23. The van der Waals surface area contributed by atoms with Crippen LogP contribution in [-0.2, 0) is 9.59 Å². The summed E-state index contributed by atoms with van der Waals surface area (Å²) in [5.41, 5.74) is 0.547. The molecule has 2 atom stereocenters. The second kappa shape index (κ2) is 7.11. The van der Waals surface area contributed by atoms with Gasteiger partial charge in [-0.15, -0.1) is 0 Å². The highest BCUT2D eigenvalue weighted by atomic mass is 16.5. The molecule has 2 amide bonds. The van der Waals surface area contributed by atoms with Crippen LogP contribution in [0.15, 0.2) is 24.3 Å². The Labute approximate surface area is 125 Å². The minimum absolute atomic E-state index is 0.0994. The van der Waals surface area contributed by atoms with Crippen molar-refractivity contribution in [2.45, 2.75) is 38.6 Å². The number of carbonyl (C=O) groups is 2. The molecule has 0 aliphatic heterocycles. The molecule has 1 fully saturated rings. The van der Waals surface area contributed by atoms with Crippen molar-refractivity contribution in [3.8, 4) is 5.75 Å². The lowest BCUT2D eigenvalue weighted by Crippen LogP contribution is -2.45. The number of ether oxygens (including phenoxy) is 1. The van der Waals surface area contributed by atoms with Crippen molar-refractivity contribution in [1.29, 1.82) is 0 Å². The molecule has 1 aromatic rings. The Morgan fingerprint density at radius 1 is 1.19 bits per heavy atom. The fourth-order valence-electron chi connectivity index (χ4n) is 2.65. The first-order valence-electron chi connectivity index (χ1n) is 7.36. The number of anilines is 1. The summed E-state index contributed by atoms with van der Waals surface area (Å²) in [6.07, 6.45) is 4.35. The van der Waals surface area contributed by atoms with E-state index in [0.29, 0.717) is 17.4 Å². The number of hydrogen-bond acceptors (Lipinski definition) is 3. The molecule has 0 spiro atoms. The summed E-state index contributed by atoms with van der Waals surface area (Å²) < 4.78 is 5.08. The molecule has 114 valence electrons. The lowest BCUT2D eigenvalue weighted by Gasteiger charge is -2.29. The zero-order valence-corrected chi connectivity index (χ0v) is 12.5. The Hall–Kier alpha value is -2.04. The third-order valence-corrected chi connectivity index (χ3v) is 3.96. The molecule has 21 heavy (non-hydrogen) atoms. The Morgan fingerprint density at radius 3 is 2.67 bits per heavy atom. The molecule has 5 heteroatoms. The van der Waals surface area contributed by atoms with Crippen molar-refractivity contribution < 1.29 is 14.3 Å². The number of amides is 2. The number of rotatable bonds is 3. The van der Waals surface area contributed by atoms with E-state index in [9.17, 15) is 9.59 Å². The Morgan fingerprint density at radius 2 is 1.95 bits per heavy atom. The predicted octanol–water partition coefficient (Wildman–Crippen LogP) is 2.33. The summed E-state index contributed by atoms with van der Waals surface area (Å²) in [7, 11) is 1.55. The van der Waals surface area contributed by atoms with Crippen LogP contribution in [-0.4, -0.2) is 25.0 Å². The monoisotopic (exact) mass is 290 g/mol. The molecular weight excluding hydrogens is 268 g/mol. The molecule has 5 nitrogen and oxygen atoms in total. The van der Waals surface area contributed by atoms with Crippen LogP contribution in [0.1, 0.15) is 32.6 Å². The largest absolute Gasteiger partial charge is 0.497 e. The summed E-state index contributed by atoms with van der Waals surface area (Å²) >= 11 is 0. The van der Waals surface area contributed by atoms with Crippen LogP contribution in [0, 0.1) is 5.92 Å². The maximum Gasteiger partial charge on any atom is 0.313 e. The van der Waals surface area contributed by atoms with Crippen LogP contribution in [0.25, 0.3) is 0 Å². The fourth-order valence-corrected chi connectivity index (χ4v) is 2.65. The van der Waals surface area contributed by atoms with Gasteiger partial charge in [-0.1, -0.05) is 25.8 Å². The topological polar surface area (TPSA) is 67.4 Å². The molecular formula is C16H22N2O3. The SMILES string of the molecule is COc1cccc(NC(=O)C(=O)N[C@H]2CCCC[C@@H]2C)c1. The van der Waals surface area contributed by atoms with E-state index in [1.54, 1.807) is 31.4 Å². The molecule has 0 bridgehead atoms. The van der Waals surface area contributed by atoms with E-state index in [4.69, 9.17) is 4.74 Å². The highest BCUT2D eigenvalue weighted by Gasteiger charge is 2.25. The summed E-state index contributed by atoms with van der Waals surface area (Å²) in [6.45, 7) is 2.12. The zero-order valence-electron chi connectivity index (χ0n) is 12.5. The van der Waals surface area contributed by atoms with Crippen molar-refractivity contribution in [2.75, 3.05) is 12.4 Å². The average Bonchev–Trinajstić information content (AvgIpc) is 2.49. The van der Waals surface area contributed by atoms with Crippen molar-refractivity contribution in [3.63, 3.8) is 0 Å². The Bertz CT molecular complexity index is 516. The van der Waals surface area contributed by atoms with E-state index in [1.807, 2.05) is 0 Å². The maximum atomic E-state index is 12.0. The van der Waals surface area contributed by atoms with Crippen molar-refractivity contribution >= 4 is 17.5 Å². The van der Waals surface area contributed by atoms with Gasteiger partial charge in [-0.2, -0.15) is 0 Å². The van der Waals surface area contributed by atoms with Gasteiger partial charge in [0.1, 0.15) is 5.75 Å². The molecule has 2 N–H and O–H groups in total. The highest BCUT2D eigenvalue weighted by molar-refractivity contribution is 6.39. The van der Waals surface area contributed by atoms with Gasteiger partial charge in [0.15, 0.2) is 0 Å². The number of hydrogen-bond donors (Lipinski definition) is 2. The van der Waals surface area contributed by atoms with Crippen LogP contribution in [0.4, 0.5) is 5.69 Å². The van der Waals surface area contributed by atoms with E-state index in [1.165, 1.54) is 6.42 Å². The first-order valence-corrected chi connectivity index (χ1v) is 7.36. The van der Waals surface area contributed by atoms with E-state index in [0.717, 1.165) is 19.3 Å². The Kier molecular flexibility index (Phi) is 5.20. The van der Waals surface area contributed by atoms with E-state index < -0.39 is 11.8 Å². The standard InChI is InChI=1S/C16H22N2O3/c1-11-6-3-4-9-14(11)18-16(20)15(19)17-12-7-5-8-13(10-12)21-2/h5,7-8,10-11,14H,3-4,6,9H2,1-2H3,(H,17,19)(H,18,20)/t11-,14-/m0/s1. The van der Waals surface area contributed by atoms with Gasteiger partial charge in [0.25, 0.3) is 0 Å². The summed E-state index contributed by atoms with van der Waals surface area (Å²) in [5, 5.41) is 5.42. The third-order valence-electron chi connectivity index (χ3n) is 3.96. The lowest BCUT2D eigenvalue weighted by molar-refractivity contribution is -0.137. The molecule has 0 aromatic heterocycles. The van der Waals surface area contributed by atoms with Gasteiger partial charge in [-0.05, 0) is 30.9 Å². The molecule has 1 aliphatic rings. The summed E-state index contributed by atoms with van der Waals surface area (Å²) in [6, 6.07) is 7.03. The van der Waals surface area contributed by atoms with Gasteiger partial charge in [-0.3, -0.25) is 9.59 Å². The predicted molar refractivity (Wildman–Crippen MR) is 81.2 cm³/mol. The molecule has 1 aromatic carbocycles.